The highest BCUT2D eigenvalue weighted by molar-refractivity contribution is 5.72. The standard InChI is InChI=1S/C20H27NO2/c22-20(23-16-18-10-5-2-6-11-18)19-12-7-13-21(15-19)14-17-8-3-1-4-9-17/h1-5,8-9,18-19H,6-7,10-16H2. The zero-order valence-corrected chi connectivity index (χ0v) is 13.8. The molecular formula is C20H27NO2. The highest BCUT2D eigenvalue weighted by Crippen LogP contribution is 2.22. The molecule has 1 aliphatic heterocycles. The maximum Gasteiger partial charge on any atom is 0.310 e. The first-order chi connectivity index (χ1) is 11.3. The molecule has 0 N–H and O–H groups in total. The first-order valence-electron chi connectivity index (χ1n) is 8.89. The van der Waals surface area contributed by atoms with E-state index in [4.69, 9.17) is 4.74 Å². The third kappa shape index (κ3) is 4.93. The summed E-state index contributed by atoms with van der Waals surface area (Å²) in [7, 11) is 0. The number of benzene rings is 1. The van der Waals surface area contributed by atoms with Crippen LogP contribution >= 0.6 is 0 Å². The van der Waals surface area contributed by atoms with Gasteiger partial charge in [0.2, 0.25) is 0 Å². The molecule has 3 heteroatoms. The molecule has 0 saturated carbocycles. The fourth-order valence-corrected chi connectivity index (χ4v) is 3.56. The molecular weight excluding hydrogens is 286 g/mol. The van der Waals surface area contributed by atoms with Gasteiger partial charge in [-0.1, -0.05) is 42.5 Å². The molecule has 23 heavy (non-hydrogen) atoms. The number of likely N-dealkylation sites (tertiary alicyclic amines) is 1. The van der Waals surface area contributed by atoms with Gasteiger partial charge in [0.05, 0.1) is 12.5 Å². The largest absolute Gasteiger partial charge is 0.465 e. The normalized spacial score (nSPS) is 25.2. The third-order valence-electron chi connectivity index (χ3n) is 4.93. The van der Waals surface area contributed by atoms with Crippen LogP contribution in [0.5, 0.6) is 0 Å². The number of carbonyl (C=O) groups excluding carboxylic acids is 1. The predicted octanol–water partition coefficient (Wildman–Crippen LogP) is 3.80. The molecule has 3 nitrogen and oxygen atoms in total. The summed E-state index contributed by atoms with van der Waals surface area (Å²) < 4.78 is 5.62. The van der Waals surface area contributed by atoms with E-state index >= 15 is 0 Å². The molecule has 0 bridgehead atoms. The number of hydrogen-bond donors (Lipinski definition) is 0. The van der Waals surface area contributed by atoms with Crippen molar-refractivity contribution >= 4 is 5.97 Å². The molecule has 0 radical (unpaired) electrons. The molecule has 1 saturated heterocycles. The monoisotopic (exact) mass is 313 g/mol. The molecule has 2 aliphatic rings. The molecule has 1 fully saturated rings. The maximum atomic E-state index is 12.4. The van der Waals surface area contributed by atoms with Gasteiger partial charge in [0, 0.05) is 13.1 Å². The minimum Gasteiger partial charge on any atom is -0.465 e. The summed E-state index contributed by atoms with van der Waals surface area (Å²) in [6.45, 7) is 3.43. The second kappa shape index (κ2) is 8.30. The van der Waals surface area contributed by atoms with Gasteiger partial charge in [-0.25, -0.2) is 0 Å². The topological polar surface area (TPSA) is 29.5 Å². The van der Waals surface area contributed by atoms with Crippen LogP contribution < -0.4 is 0 Å². The van der Waals surface area contributed by atoms with Gasteiger partial charge in [-0.3, -0.25) is 9.69 Å². The van der Waals surface area contributed by atoms with E-state index in [9.17, 15) is 4.79 Å². The zero-order chi connectivity index (χ0) is 15.9. The van der Waals surface area contributed by atoms with Crippen molar-refractivity contribution < 1.29 is 9.53 Å². The Bertz CT molecular complexity index is 526. The van der Waals surface area contributed by atoms with Crippen LogP contribution in [-0.2, 0) is 16.1 Å². The molecule has 1 aromatic carbocycles. The number of rotatable bonds is 5. The maximum absolute atomic E-state index is 12.4. The van der Waals surface area contributed by atoms with Crippen molar-refractivity contribution in [2.75, 3.05) is 19.7 Å². The zero-order valence-electron chi connectivity index (χ0n) is 13.8. The van der Waals surface area contributed by atoms with Crippen molar-refractivity contribution in [1.29, 1.82) is 0 Å². The molecule has 2 unspecified atom stereocenters. The highest BCUT2D eigenvalue weighted by Gasteiger charge is 2.27. The summed E-state index contributed by atoms with van der Waals surface area (Å²) in [5, 5.41) is 0. The van der Waals surface area contributed by atoms with E-state index in [0.29, 0.717) is 12.5 Å². The molecule has 0 spiro atoms. The van der Waals surface area contributed by atoms with Crippen molar-refractivity contribution in [3.8, 4) is 0 Å². The summed E-state index contributed by atoms with van der Waals surface area (Å²) in [5.74, 6) is 0.580. The fraction of sp³-hybridized carbons (Fsp3) is 0.550. The molecule has 1 aromatic rings. The van der Waals surface area contributed by atoms with Crippen LogP contribution in [0.4, 0.5) is 0 Å². The van der Waals surface area contributed by atoms with Crippen LogP contribution in [0.15, 0.2) is 42.5 Å². The van der Waals surface area contributed by atoms with Gasteiger partial charge in [0.1, 0.15) is 0 Å². The summed E-state index contributed by atoms with van der Waals surface area (Å²) in [6, 6.07) is 10.5. The second-order valence-corrected chi connectivity index (χ2v) is 6.84. The second-order valence-electron chi connectivity index (χ2n) is 6.84. The van der Waals surface area contributed by atoms with E-state index in [0.717, 1.165) is 51.7 Å². The number of allylic oxidation sites excluding steroid dienone is 2. The van der Waals surface area contributed by atoms with Gasteiger partial charge < -0.3 is 4.74 Å². The molecule has 3 rings (SSSR count). The molecule has 1 aliphatic carbocycles. The molecule has 2 atom stereocenters. The van der Waals surface area contributed by atoms with E-state index < -0.39 is 0 Å². The Labute approximate surface area is 139 Å². The van der Waals surface area contributed by atoms with E-state index in [1.807, 2.05) is 6.07 Å². The van der Waals surface area contributed by atoms with Crippen LogP contribution in [0.1, 0.15) is 37.7 Å². The van der Waals surface area contributed by atoms with E-state index in [2.05, 4.69) is 41.3 Å². The first kappa shape index (κ1) is 16.3. The third-order valence-corrected chi connectivity index (χ3v) is 4.93. The number of ether oxygens (including phenoxy) is 1. The van der Waals surface area contributed by atoms with Gasteiger partial charge >= 0.3 is 5.97 Å². The SMILES string of the molecule is O=C(OCC1CC=CCC1)C1CCCN(Cc2ccccc2)C1. The van der Waals surface area contributed by atoms with Crippen LogP contribution in [-0.4, -0.2) is 30.6 Å². The lowest BCUT2D eigenvalue weighted by molar-refractivity contribution is -0.152. The van der Waals surface area contributed by atoms with Gasteiger partial charge in [-0.05, 0) is 50.1 Å². The van der Waals surface area contributed by atoms with Crippen molar-refractivity contribution in [3.05, 3.63) is 48.0 Å². The van der Waals surface area contributed by atoms with E-state index in [1.54, 1.807) is 0 Å². The van der Waals surface area contributed by atoms with Gasteiger partial charge in [-0.2, -0.15) is 0 Å². The molecule has 124 valence electrons. The minimum atomic E-state index is 0.0114. The number of hydrogen-bond acceptors (Lipinski definition) is 3. The number of nitrogens with zero attached hydrogens (tertiary/aromatic N) is 1. The summed E-state index contributed by atoms with van der Waals surface area (Å²) >= 11 is 0. The van der Waals surface area contributed by atoms with Crippen LogP contribution in [0, 0.1) is 11.8 Å². The van der Waals surface area contributed by atoms with Crippen molar-refractivity contribution in [2.45, 2.75) is 38.6 Å². The van der Waals surface area contributed by atoms with Crippen LogP contribution in [0.25, 0.3) is 0 Å². The molecule has 1 heterocycles. The number of esters is 1. The average Bonchev–Trinajstić information content (AvgIpc) is 2.62. The number of piperidine rings is 1. The van der Waals surface area contributed by atoms with E-state index in [1.165, 1.54) is 5.56 Å². The summed E-state index contributed by atoms with van der Waals surface area (Å²) in [5.41, 5.74) is 1.32. The lowest BCUT2D eigenvalue weighted by atomic mass is 9.95. The van der Waals surface area contributed by atoms with Crippen LogP contribution in [0.2, 0.25) is 0 Å². The van der Waals surface area contributed by atoms with E-state index in [-0.39, 0.29) is 11.9 Å². The lowest BCUT2D eigenvalue weighted by Crippen LogP contribution is -2.39. The number of carbonyl (C=O) groups is 1. The Morgan fingerprint density at radius 1 is 1.17 bits per heavy atom. The Hall–Kier alpha value is -1.61. The van der Waals surface area contributed by atoms with Crippen LogP contribution in [0.3, 0.4) is 0 Å². The molecule has 0 aromatic heterocycles. The van der Waals surface area contributed by atoms with Gasteiger partial charge in [0.15, 0.2) is 0 Å². The fourth-order valence-electron chi connectivity index (χ4n) is 3.56. The summed E-state index contributed by atoms with van der Waals surface area (Å²) in [6.07, 6.45) is 9.81. The minimum absolute atomic E-state index is 0.0114. The van der Waals surface area contributed by atoms with Crippen molar-refractivity contribution in [1.82, 2.24) is 4.90 Å². The summed E-state index contributed by atoms with van der Waals surface area (Å²) in [4.78, 5) is 14.8. The Balaban J connectivity index is 1.45. The predicted molar refractivity (Wildman–Crippen MR) is 91.9 cm³/mol. The average molecular weight is 313 g/mol. The van der Waals surface area contributed by atoms with Gasteiger partial charge in [0.25, 0.3) is 0 Å². The smallest absolute Gasteiger partial charge is 0.310 e. The first-order valence-corrected chi connectivity index (χ1v) is 8.89. The highest BCUT2D eigenvalue weighted by atomic mass is 16.5. The van der Waals surface area contributed by atoms with Crippen molar-refractivity contribution in [3.63, 3.8) is 0 Å². The lowest BCUT2D eigenvalue weighted by Gasteiger charge is -2.31. The Morgan fingerprint density at radius 2 is 2.04 bits per heavy atom. The van der Waals surface area contributed by atoms with Gasteiger partial charge in [-0.15, -0.1) is 0 Å². The molecule has 0 amide bonds. The van der Waals surface area contributed by atoms with Crippen molar-refractivity contribution in [2.24, 2.45) is 11.8 Å². The Morgan fingerprint density at radius 3 is 2.83 bits per heavy atom. The Kier molecular flexibility index (Phi) is 5.87. The quantitative estimate of drug-likeness (QED) is 0.612.